The summed E-state index contributed by atoms with van der Waals surface area (Å²) in [5.41, 5.74) is 2.74. The molecule has 0 saturated heterocycles. The lowest BCUT2D eigenvalue weighted by molar-refractivity contribution is 0.277. The van der Waals surface area contributed by atoms with E-state index in [0.29, 0.717) is 33.1 Å². The van der Waals surface area contributed by atoms with Crippen molar-refractivity contribution in [3.8, 4) is 0 Å². The van der Waals surface area contributed by atoms with Crippen molar-refractivity contribution < 1.29 is 5.11 Å². The van der Waals surface area contributed by atoms with Gasteiger partial charge in [0.2, 0.25) is 0 Å². The van der Waals surface area contributed by atoms with Gasteiger partial charge in [-0.25, -0.2) is 4.98 Å². The Balaban J connectivity index is 1.78. The summed E-state index contributed by atoms with van der Waals surface area (Å²) in [6.45, 7) is 0.559. The van der Waals surface area contributed by atoms with Gasteiger partial charge in [0.1, 0.15) is 0 Å². The second-order valence-corrected chi connectivity index (χ2v) is 7.67. The van der Waals surface area contributed by atoms with Gasteiger partial charge in [-0.2, -0.15) is 0 Å². The Labute approximate surface area is 165 Å². The third kappa shape index (κ3) is 4.93. The van der Waals surface area contributed by atoms with Crippen LogP contribution in [0.2, 0.25) is 15.1 Å². The topological polar surface area (TPSA) is 38.0 Å². The minimum absolute atomic E-state index is 0.0944. The predicted octanol–water partition coefficient (Wildman–Crippen LogP) is 5.68. The Hall–Kier alpha value is -1.17. The number of rotatable bonds is 6. The van der Waals surface area contributed by atoms with Crippen molar-refractivity contribution in [3.05, 3.63) is 80.6 Å². The fourth-order valence-electron chi connectivity index (χ4n) is 2.32. The van der Waals surface area contributed by atoms with Crippen LogP contribution in [0.4, 0.5) is 0 Å². The zero-order valence-electron chi connectivity index (χ0n) is 13.1. The van der Waals surface area contributed by atoms with Crippen molar-refractivity contribution in [1.29, 1.82) is 0 Å². The van der Waals surface area contributed by atoms with Gasteiger partial charge in [0.25, 0.3) is 0 Å². The zero-order valence-corrected chi connectivity index (χ0v) is 16.2. The molecule has 0 saturated carbocycles. The molecule has 25 heavy (non-hydrogen) atoms. The largest absolute Gasteiger partial charge is 0.390 e. The van der Waals surface area contributed by atoms with Gasteiger partial charge in [0.05, 0.1) is 12.3 Å². The highest BCUT2D eigenvalue weighted by molar-refractivity contribution is 7.98. The van der Waals surface area contributed by atoms with Gasteiger partial charge in [-0.1, -0.05) is 64.8 Å². The van der Waals surface area contributed by atoms with Crippen LogP contribution in [-0.4, -0.2) is 14.7 Å². The maximum atomic E-state index is 9.40. The molecule has 3 aromatic rings. The number of halogens is 3. The van der Waals surface area contributed by atoms with Crippen molar-refractivity contribution in [1.82, 2.24) is 9.55 Å². The van der Waals surface area contributed by atoms with Crippen LogP contribution in [0.1, 0.15) is 16.8 Å². The van der Waals surface area contributed by atoms with Gasteiger partial charge in [-0.15, -0.1) is 0 Å². The third-order valence-electron chi connectivity index (χ3n) is 3.59. The van der Waals surface area contributed by atoms with Crippen LogP contribution < -0.4 is 0 Å². The second kappa shape index (κ2) is 8.47. The minimum atomic E-state index is -0.0944. The normalized spacial score (nSPS) is 11.0. The fraction of sp³-hybridized carbons (Fsp3) is 0.167. The Bertz CT molecular complexity index is 865. The van der Waals surface area contributed by atoms with Crippen LogP contribution in [0.15, 0.2) is 53.8 Å². The number of aliphatic hydroxyl groups is 1. The quantitative estimate of drug-likeness (QED) is 0.529. The molecule has 0 radical (unpaired) electrons. The number of imidazole rings is 1. The molecule has 0 bridgehead atoms. The van der Waals surface area contributed by atoms with Crippen LogP contribution in [0.5, 0.6) is 0 Å². The molecular formula is C18H15Cl3N2OS. The molecule has 0 aliphatic rings. The summed E-state index contributed by atoms with van der Waals surface area (Å²) in [5.74, 6) is 0.665. The number of hydrogen-bond donors (Lipinski definition) is 1. The first-order valence-corrected chi connectivity index (χ1v) is 9.65. The first kappa shape index (κ1) is 18.6. The maximum Gasteiger partial charge on any atom is 0.168 e. The van der Waals surface area contributed by atoms with Crippen molar-refractivity contribution in [2.75, 3.05) is 0 Å². The highest BCUT2D eigenvalue weighted by atomic mass is 35.5. The average Bonchev–Trinajstić information content (AvgIpc) is 2.98. The Morgan fingerprint density at radius 1 is 1.00 bits per heavy atom. The summed E-state index contributed by atoms with van der Waals surface area (Å²) in [4.78, 5) is 4.49. The van der Waals surface area contributed by atoms with Crippen molar-refractivity contribution in [2.45, 2.75) is 24.1 Å². The summed E-state index contributed by atoms with van der Waals surface area (Å²) in [6.07, 6.45) is 1.86. The van der Waals surface area contributed by atoms with Crippen LogP contribution in [0, 0.1) is 0 Å². The number of hydrogen-bond acceptors (Lipinski definition) is 3. The zero-order chi connectivity index (χ0) is 17.8. The van der Waals surface area contributed by atoms with Gasteiger partial charge in [-0.05, 0) is 35.4 Å². The fourth-order valence-corrected chi connectivity index (χ4v) is 4.00. The lowest BCUT2D eigenvalue weighted by atomic mass is 10.2. The van der Waals surface area contributed by atoms with Crippen LogP contribution in [-0.2, 0) is 18.9 Å². The number of aromatic nitrogens is 2. The summed E-state index contributed by atoms with van der Waals surface area (Å²) >= 11 is 19.7. The molecule has 7 heteroatoms. The van der Waals surface area contributed by atoms with Gasteiger partial charge >= 0.3 is 0 Å². The number of nitrogens with zero attached hydrogens (tertiary/aromatic N) is 2. The lowest BCUT2D eigenvalue weighted by Gasteiger charge is -2.09. The van der Waals surface area contributed by atoms with Crippen LogP contribution >= 0.6 is 46.6 Å². The monoisotopic (exact) mass is 412 g/mol. The van der Waals surface area contributed by atoms with E-state index in [1.165, 1.54) is 0 Å². The molecule has 0 aliphatic heterocycles. The Morgan fingerprint density at radius 3 is 2.40 bits per heavy atom. The van der Waals surface area contributed by atoms with E-state index in [-0.39, 0.29) is 6.61 Å². The summed E-state index contributed by atoms with van der Waals surface area (Å²) in [5, 5.41) is 12.2. The van der Waals surface area contributed by atoms with E-state index in [9.17, 15) is 5.11 Å². The molecule has 1 aromatic heterocycles. The summed E-state index contributed by atoms with van der Waals surface area (Å²) < 4.78 is 2.02. The first-order chi connectivity index (χ1) is 12.0. The van der Waals surface area contributed by atoms with Crippen LogP contribution in [0.25, 0.3) is 0 Å². The van der Waals surface area contributed by atoms with Gasteiger partial charge in [-0.3, -0.25) is 0 Å². The molecule has 3 rings (SSSR count). The minimum Gasteiger partial charge on any atom is -0.390 e. The van der Waals surface area contributed by atoms with E-state index in [1.807, 2.05) is 47.2 Å². The van der Waals surface area contributed by atoms with E-state index in [0.717, 1.165) is 16.3 Å². The van der Waals surface area contributed by atoms with E-state index in [1.54, 1.807) is 17.8 Å². The molecule has 0 amide bonds. The molecule has 0 unspecified atom stereocenters. The highest BCUT2D eigenvalue weighted by Gasteiger charge is 2.11. The lowest BCUT2D eigenvalue weighted by Crippen LogP contribution is -2.00. The van der Waals surface area contributed by atoms with Gasteiger partial charge in [0.15, 0.2) is 5.16 Å². The Kier molecular flexibility index (Phi) is 6.31. The maximum absolute atomic E-state index is 9.40. The molecular weight excluding hydrogens is 399 g/mol. The molecule has 1 heterocycles. The van der Waals surface area contributed by atoms with Gasteiger partial charge in [0, 0.05) is 33.6 Å². The molecule has 0 spiro atoms. The number of benzene rings is 2. The highest BCUT2D eigenvalue weighted by Crippen LogP contribution is 2.29. The molecule has 0 atom stereocenters. The molecule has 0 fully saturated rings. The smallest absolute Gasteiger partial charge is 0.168 e. The summed E-state index contributed by atoms with van der Waals surface area (Å²) in [7, 11) is 0. The molecule has 130 valence electrons. The second-order valence-electron chi connectivity index (χ2n) is 5.45. The average molecular weight is 414 g/mol. The molecule has 1 N–H and O–H groups in total. The van der Waals surface area contributed by atoms with E-state index >= 15 is 0 Å². The third-order valence-corrected chi connectivity index (χ3v) is 5.47. The molecule has 2 aromatic carbocycles. The first-order valence-electron chi connectivity index (χ1n) is 7.53. The van der Waals surface area contributed by atoms with E-state index < -0.39 is 0 Å². The summed E-state index contributed by atoms with van der Waals surface area (Å²) in [6, 6.07) is 13.1. The number of aliphatic hydroxyl groups excluding tert-OH is 1. The standard InChI is InChI=1S/C18H15Cl3N2OS/c19-14-4-1-12(2-5-14)8-23-9-16(10-24)22-18(23)25-11-13-3-6-15(20)7-17(13)21/h1-7,9,24H,8,10-11H2. The van der Waals surface area contributed by atoms with Crippen molar-refractivity contribution in [3.63, 3.8) is 0 Å². The number of thioether (sulfide) groups is 1. The van der Waals surface area contributed by atoms with Crippen LogP contribution in [0.3, 0.4) is 0 Å². The molecule has 3 nitrogen and oxygen atoms in total. The SMILES string of the molecule is OCc1cn(Cc2ccc(Cl)cc2)c(SCc2ccc(Cl)cc2Cl)n1. The van der Waals surface area contributed by atoms with Crippen molar-refractivity contribution in [2.24, 2.45) is 0 Å². The molecule has 0 aliphatic carbocycles. The van der Waals surface area contributed by atoms with Crippen molar-refractivity contribution >= 4 is 46.6 Å². The predicted molar refractivity (Wildman–Crippen MR) is 105 cm³/mol. The van der Waals surface area contributed by atoms with Gasteiger partial charge < -0.3 is 9.67 Å². The Morgan fingerprint density at radius 2 is 1.72 bits per heavy atom. The van der Waals surface area contributed by atoms with E-state index in [2.05, 4.69) is 4.98 Å². The van der Waals surface area contributed by atoms with E-state index in [4.69, 9.17) is 34.8 Å².